The molecule has 1 saturated heterocycles. The third kappa shape index (κ3) is 4.80. The number of hydrogen-bond acceptors (Lipinski definition) is 5. The fourth-order valence-corrected chi connectivity index (χ4v) is 3.54. The van der Waals surface area contributed by atoms with Crippen LogP contribution in [0.4, 0.5) is 0 Å². The molecular formula is C18H21N3OS. The maximum absolute atomic E-state index is 8.52. The standard InChI is InChI=1S/C18H21N3OS/c19-7-12-22-17-5-3-16(4-6-17)14-20-8-10-21(11-9-20)15-18-2-1-13-23-18/h1-6,13H,8-12,14-15H2. The first-order valence-electron chi connectivity index (χ1n) is 7.89. The average molecular weight is 327 g/mol. The van der Waals surface area contributed by atoms with Crippen LogP contribution in [0.25, 0.3) is 0 Å². The number of nitrogens with zero attached hydrogens (tertiary/aromatic N) is 3. The smallest absolute Gasteiger partial charge is 0.174 e. The van der Waals surface area contributed by atoms with Gasteiger partial charge in [0.05, 0.1) is 0 Å². The largest absolute Gasteiger partial charge is 0.479 e. The van der Waals surface area contributed by atoms with Crippen LogP contribution in [-0.2, 0) is 13.1 Å². The molecule has 23 heavy (non-hydrogen) atoms. The highest BCUT2D eigenvalue weighted by Gasteiger charge is 2.17. The van der Waals surface area contributed by atoms with Gasteiger partial charge in [0.2, 0.25) is 0 Å². The lowest BCUT2D eigenvalue weighted by molar-refractivity contribution is 0.123. The van der Waals surface area contributed by atoms with Crippen molar-refractivity contribution in [2.24, 2.45) is 0 Å². The number of benzene rings is 1. The third-order valence-electron chi connectivity index (χ3n) is 4.06. The lowest BCUT2D eigenvalue weighted by Crippen LogP contribution is -2.45. The highest BCUT2D eigenvalue weighted by molar-refractivity contribution is 7.09. The predicted octanol–water partition coefficient (Wildman–Crippen LogP) is 2.97. The molecule has 0 amide bonds. The molecule has 0 saturated carbocycles. The van der Waals surface area contributed by atoms with Crippen LogP contribution in [0, 0.1) is 11.3 Å². The van der Waals surface area contributed by atoms with Crippen LogP contribution in [-0.4, -0.2) is 42.6 Å². The van der Waals surface area contributed by atoms with Gasteiger partial charge in [0, 0.05) is 44.1 Å². The topological polar surface area (TPSA) is 39.5 Å². The van der Waals surface area contributed by atoms with Crippen molar-refractivity contribution in [3.05, 3.63) is 52.2 Å². The van der Waals surface area contributed by atoms with Crippen molar-refractivity contribution in [2.75, 3.05) is 32.8 Å². The quantitative estimate of drug-likeness (QED) is 0.818. The molecule has 0 atom stereocenters. The number of rotatable bonds is 6. The van der Waals surface area contributed by atoms with Crippen LogP contribution >= 0.6 is 11.3 Å². The van der Waals surface area contributed by atoms with Gasteiger partial charge < -0.3 is 4.74 Å². The van der Waals surface area contributed by atoms with E-state index in [1.165, 1.54) is 10.4 Å². The predicted molar refractivity (Wildman–Crippen MR) is 92.4 cm³/mol. The van der Waals surface area contributed by atoms with Gasteiger partial charge in [-0.3, -0.25) is 9.80 Å². The second kappa shape index (κ2) is 8.11. The molecule has 1 aliphatic heterocycles. The van der Waals surface area contributed by atoms with Crippen molar-refractivity contribution in [1.29, 1.82) is 5.26 Å². The van der Waals surface area contributed by atoms with Crippen molar-refractivity contribution in [1.82, 2.24) is 9.80 Å². The van der Waals surface area contributed by atoms with E-state index in [1.807, 2.05) is 29.5 Å². The van der Waals surface area contributed by atoms with E-state index in [9.17, 15) is 0 Å². The SMILES string of the molecule is N#CCOc1ccc(CN2CCN(Cc3cccs3)CC2)cc1. The minimum Gasteiger partial charge on any atom is -0.479 e. The summed E-state index contributed by atoms with van der Waals surface area (Å²) in [5, 5.41) is 10.7. The van der Waals surface area contributed by atoms with E-state index in [0.717, 1.165) is 45.0 Å². The van der Waals surface area contributed by atoms with Gasteiger partial charge >= 0.3 is 0 Å². The summed E-state index contributed by atoms with van der Waals surface area (Å²) in [6, 6.07) is 14.4. The summed E-state index contributed by atoms with van der Waals surface area (Å²) in [5.74, 6) is 0.760. The zero-order valence-electron chi connectivity index (χ0n) is 13.1. The monoisotopic (exact) mass is 327 g/mol. The molecule has 5 heteroatoms. The number of nitriles is 1. The average Bonchev–Trinajstić information content (AvgIpc) is 3.09. The summed E-state index contributed by atoms with van der Waals surface area (Å²) < 4.78 is 5.28. The summed E-state index contributed by atoms with van der Waals surface area (Å²) in [6.45, 7) is 6.63. The third-order valence-corrected chi connectivity index (χ3v) is 4.92. The summed E-state index contributed by atoms with van der Waals surface area (Å²) in [7, 11) is 0. The minimum atomic E-state index is 0.103. The van der Waals surface area contributed by atoms with Crippen molar-refractivity contribution in [3.63, 3.8) is 0 Å². The van der Waals surface area contributed by atoms with Crippen LogP contribution in [0.5, 0.6) is 5.75 Å². The van der Waals surface area contributed by atoms with Crippen molar-refractivity contribution < 1.29 is 4.74 Å². The van der Waals surface area contributed by atoms with E-state index in [-0.39, 0.29) is 6.61 Å². The summed E-state index contributed by atoms with van der Waals surface area (Å²) in [4.78, 5) is 6.48. The highest BCUT2D eigenvalue weighted by Crippen LogP contribution is 2.16. The van der Waals surface area contributed by atoms with E-state index in [4.69, 9.17) is 10.00 Å². The lowest BCUT2D eigenvalue weighted by Gasteiger charge is -2.34. The first-order valence-corrected chi connectivity index (χ1v) is 8.77. The fraction of sp³-hybridized carbons (Fsp3) is 0.389. The number of thiophene rings is 1. The van der Waals surface area contributed by atoms with Gasteiger partial charge in [-0.15, -0.1) is 11.3 Å². The molecule has 0 spiro atoms. The van der Waals surface area contributed by atoms with Crippen molar-refractivity contribution in [2.45, 2.75) is 13.1 Å². The Kier molecular flexibility index (Phi) is 5.65. The number of piperazine rings is 1. The Hall–Kier alpha value is -1.87. The Morgan fingerprint density at radius 3 is 2.30 bits per heavy atom. The van der Waals surface area contributed by atoms with Crippen molar-refractivity contribution in [3.8, 4) is 11.8 Å². The molecule has 2 aromatic rings. The first kappa shape index (κ1) is 16.0. The highest BCUT2D eigenvalue weighted by atomic mass is 32.1. The second-order valence-electron chi connectivity index (χ2n) is 5.72. The van der Waals surface area contributed by atoms with Gasteiger partial charge in [-0.25, -0.2) is 0 Å². The minimum absolute atomic E-state index is 0.103. The van der Waals surface area contributed by atoms with Crippen LogP contribution in [0.2, 0.25) is 0 Å². The van der Waals surface area contributed by atoms with Gasteiger partial charge in [0.1, 0.15) is 11.8 Å². The molecule has 4 nitrogen and oxygen atoms in total. The molecule has 1 aromatic heterocycles. The Balaban J connectivity index is 1.44. The molecule has 1 aliphatic rings. The van der Waals surface area contributed by atoms with Gasteiger partial charge in [-0.2, -0.15) is 5.26 Å². The Morgan fingerprint density at radius 1 is 1.00 bits per heavy atom. The molecule has 3 rings (SSSR count). The van der Waals surface area contributed by atoms with E-state index < -0.39 is 0 Å². The maximum Gasteiger partial charge on any atom is 0.174 e. The second-order valence-corrected chi connectivity index (χ2v) is 6.75. The van der Waals surface area contributed by atoms with Gasteiger partial charge in [0.25, 0.3) is 0 Å². The molecule has 0 unspecified atom stereocenters. The van der Waals surface area contributed by atoms with Crippen LogP contribution in [0.3, 0.4) is 0 Å². The molecule has 0 aliphatic carbocycles. The summed E-state index contributed by atoms with van der Waals surface area (Å²) in [6.07, 6.45) is 0. The molecule has 0 bridgehead atoms. The zero-order chi connectivity index (χ0) is 15.9. The van der Waals surface area contributed by atoms with Crippen LogP contribution < -0.4 is 4.74 Å². The normalized spacial score (nSPS) is 16.1. The first-order chi connectivity index (χ1) is 11.3. The van der Waals surface area contributed by atoms with Crippen molar-refractivity contribution >= 4 is 11.3 Å². The van der Waals surface area contributed by atoms with E-state index >= 15 is 0 Å². The molecule has 1 fully saturated rings. The van der Waals surface area contributed by atoms with E-state index in [1.54, 1.807) is 0 Å². The molecule has 1 aromatic carbocycles. The fourth-order valence-electron chi connectivity index (χ4n) is 2.79. The van der Waals surface area contributed by atoms with Crippen LogP contribution in [0.15, 0.2) is 41.8 Å². The Bertz CT molecular complexity index is 625. The zero-order valence-corrected chi connectivity index (χ0v) is 14.0. The summed E-state index contributed by atoms with van der Waals surface area (Å²) in [5.41, 5.74) is 1.29. The Labute approximate surface area is 141 Å². The molecule has 0 N–H and O–H groups in total. The molecule has 2 heterocycles. The van der Waals surface area contributed by atoms with Gasteiger partial charge in [-0.05, 0) is 29.1 Å². The molecule has 120 valence electrons. The molecule has 0 radical (unpaired) electrons. The van der Waals surface area contributed by atoms with Gasteiger partial charge in [0.15, 0.2) is 6.61 Å². The Morgan fingerprint density at radius 2 is 1.70 bits per heavy atom. The van der Waals surface area contributed by atoms with E-state index in [0.29, 0.717) is 0 Å². The van der Waals surface area contributed by atoms with Crippen LogP contribution in [0.1, 0.15) is 10.4 Å². The molecular weight excluding hydrogens is 306 g/mol. The maximum atomic E-state index is 8.52. The van der Waals surface area contributed by atoms with E-state index in [2.05, 4.69) is 39.4 Å². The number of hydrogen-bond donors (Lipinski definition) is 0. The summed E-state index contributed by atoms with van der Waals surface area (Å²) >= 11 is 1.84. The van der Waals surface area contributed by atoms with Gasteiger partial charge in [-0.1, -0.05) is 18.2 Å². The number of ether oxygens (including phenoxy) is 1. The lowest BCUT2D eigenvalue weighted by atomic mass is 10.2.